The number of hydrogen-bond acceptors (Lipinski definition) is 6. The predicted molar refractivity (Wildman–Crippen MR) is 72.8 cm³/mol. The number of nitrogens with zero attached hydrogens (tertiary/aromatic N) is 4. The molecule has 1 aliphatic rings. The quantitative estimate of drug-likeness (QED) is 0.662. The van der Waals surface area contributed by atoms with Gasteiger partial charge in [0.25, 0.3) is 5.69 Å². The fourth-order valence-electron chi connectivity index (χ4n) is 2.31. The number of hydrogen-bond donors (Lipinski definition) is 1. The molecular weight excluding hydrogens is 276 g/mol. The van der Waals surface area contributed by atoms with Crippen LogP contribution in [-0.4, -0.2) is 34.1 Å². The van der Waals surface area contributed by atoms with Crippen molar-refractivity contribution in [1.82, 2.24) is 4.98 Å². The Labute approximate surface area is 120 Å². The van der Waals surface area contributed by atoms with Crippen LogP contribution < -0.4 is 4.90 Å². The number of piperidine rings is 1. The molecule has 0 spiro atoms. The fourth-order valence-corrected chi connectivity index (χ4v) is 2.31. The van der Waals surface area contributed by atoms with E-state index in [-0.39, 0.29) is 11.3 Å². The first-order valence-electron chi connectivity index (χ1n) is 6.40. The first-order valence-corrected chi connectivity index (χ1v) is 6.40. The fraction of sp³-hybridized carbons (Fsp3) is 0.462. The van der Waals surface area contributed by atoms with Gasteiger partial charge in [0.1, 0.15) is 23.6 Å². The summed E-state index contributed by atoms with van der Waals surface area (Å²) in [5.74, 6) is -0.463. The van der Waals surface area contributed by atoms with E-state index in [2.05, 4.69) is 4.98 Å². The smallest absolute Gasteiger partial charge is 0.309 e. The molecule has 0 saturated carbocycles. The van der Waals surface area contributed by atoms with Crippen LogP contribution >= 0.6 is 0 Å². The number of carboxylic acid groups (broad SMARTS) is 1. The van der Waals surface area contributed by atoms with Crippen molar-refractivity contribution in [3.63, 3.8) is 0 Å². The van der Waals surface area contributed by atoms with Crippen LogP contribution in [0.2, 0.25) is 0 Å². The Morgan fingerprint density at radius 2 is 2.19 bits per heavy atom. The largest absolute Gasteiger partial charge is 0.481 e. The molecule has 0 aliphatic carbocycles. The van der Waals surface area contributed by atoms with Crippen molar-refractivity contribution in [3.8, 4) is 6.07 Å². The van der Waals surface area contributed by atoms with E-state index in [1.165, 1.54) is 6.07 Å². The monoisotopic (exact) mass is 290 g/mol. The third kappa shape index (κ3) is 2.76. The van der Waals surface area contributed by atoms with Crippen molar-refractivity contribution in [1.29, 1.82) is 5.26 Å². The Bertz CT molecular complexity index is 630. The number of aromatic nitrogens is 1. The van der Waals surface area contributed by atoms with Crippen molar-refractivity contribution in [3.05, 3.63) is 27.9 Å². The van der Waals surface area contributed by atoms with Crippen LogP contribution in [0.5, 0.6) is 0 Å². The third-order valence-corrected chi connectivity index (χ3v) is 3.87. The molecule has 0 unspecified atom stereocenters. The molecule has 110 valence electrons. The van der Waals surface area contributed by atoms with Crippen molar-refractivity contribution in [2.24, 2.45) is 5.41 Å². The summed E-state index contributed by atoms with van der Waals surface area (Å²) in [6.07, 6.45) is 1.99. The van der Waals surface area contributed by atoms with Gasteiger partial charge >= 0.3 is 5.97 Å². The van der Waals surface area contributed by atoms with Gasteiger partial charge in [-0.3, -0.25) is 14.9 Å². The average molecular weight is 290 g/mol. The number of anilines is 1. The average Bonchev–Trinajstić information content (AvgIpc) is 2.47. The summed E-state index contributed by atoms with van der Waals surface area (Å²) in [6, 6.07) is 3.09. The number of nitro groups is 1. The van der Waals surface area contributed by atoms with Crippen LogP contribution in [0.3, 0.4) is 0 Å². The van der Waals surface area contributed by atoms with E-state index >= 15 is 0 Å². The minimum atomic E-state index is -0.834. The number of pyridine rings is 1. The summed E-state index contributed by atoms with van der Waals surface area (Å²) in [4.78, 5) is 27.1. The first kappa shape index (κ1) is 14.7. The van der Waals surface area contributed by atoms with E-state index in [9.17, 15) is 20.0 Å². The van der Waals surface area contributed by atoms with Gasteiger partial charge in [0.15, 0.2) is 0 Å². The second kappa shape index (κ2) is 5.36. The van der Waals surface area contributed by atoms with Crippen molar-refractivity contribution in [2.45, 2.75) is 19.8 Å². The lowest BCUT2D eigenvalue weighted by Gasteiger charge is -2.37. The summed E-state index contributed by atoms with van der Waals surface area (Å²) < 4.78 is 0. The number of carbonyl (C=O) groups is 1. The van der Waals surface area contributed by atoms with Crippen LogP contribution in [0.15, 0.2) is 12.3 Å². The summed E-state index contributed by atoms with van der Waals surface area (Å²) in [5.41, 5.74) is -0.879. The van der Waals surface area contributed by atoms with E-state index in [1.54, 1.807) is 11.8 Å². The molecule has 1 aromatic rings. The Balaban J connectivity index is 2.23. The third-order valence-electron chi connectivity index (χ3n) is 3.87. The number of rotatable bonds is 3. The van der Waals surface area contributed by atoms with E-state index in [0.29, 0.717) is 31.7 Å². The zero-order chi connectivity index (χ0) is 15.6. The molecule has 0 amide bonds. The molecule has 2 heterocycles. The zero-order valence-electron chi connectivity index (χ0n) is 11.4. The standard InChI is InChI=1S/C13H14N4O4/c1-13(12(18)19)2-4-16(5-3-13)11-9(7-14)6-10(8-15-11)17(20)21/h6,8H,2-5H2,1H3,(H,18,19). The highest BCUT2D eigenvalue weighted by atomic mass is 16.6. The van der Waals surface area contributed by atoms with E-state index in [0.717, 1.165) is 6.20 Å². The molecule has 0 aromatic carbocycles. The van der Waals surface area contributed by atoms with E-state index in [4.69, 9.17) is 5.26 Å². The number of carboxylic acids is 1. The van der Waals surface area contributed by atoms with Crippen LogP contribution in [0.4, 0.5) is 11.5 Å². The van der Waals surface area contributed by atoms with E-state index in [1.807, 2.05) is 6.07 Å². The molecule has 0 bridgehead atoms. The molecule has 1 aliphatic heterocycles. The van der Waals surface area contributed by atoms with Gasteiger partial charge in [0.2, 0.25) is 0 Å². The second-order valence-electron chi connectivity index (χ2n) is 5.29. The Morgan fingerprint density at radius 3 is 2.67 bits per heavy atom. The number of aliphatic carboxylic acids is 1. The minimum absolute atomic E-state index is 0.128. The molecular formula is C13H14N4O4. The van der Waals surface area contributed by atoms with Crippen molar-refractivity contribution < 1.29 is 14.8 Å². The lowest BCUT2D eigenvalue weighted by Crippen LogP contribution is -2.43. The van der Waals surface area contributed by atoms with Crippen LogP contribution in [0.25, 0.3) is 0 Å². The zero-order valence-corrected chi connectivity index (χ0v) is 11.4. The molecule has 1 N–H and O–H groups in total. The summed E-state index contributed by atoms with van der Waals surface area (Å²) in [6.45, 7) is 2.59. The van der Waals surface area contributed by atoms with Gasteiger partial charge in [0, 0.05) is 19.2 Å². The highest BCUT2D eigenvalue weighted by Gasteiger charge is 2.37. The predicted octanol–water partition coefficient (Wildman–Crippen LogP) is 1.55. The lowest BCUT2D eigenvalue weighted by molar-refractivity contribution is -0.385. The van der Waals surface area contributed by atoms with Gasteiger partial charge in [-0.1, -0.05) is 0 Å². The SMILES string of the molecule is CC1(C(=O)O)CCN(c2ncc([N+](=O)[O-])cc2C#N)CC1. The molecule has 8 nitrogen and oxygen atoms in total. The molecule has 8 heteroatoms. The van der Waals surface area contributed by atoms with Gasteiger partial charge in [0.05, 0.1) is 10.3 Å². The molecule has 1 aromatic heterocycles. The van der Waals surface area contributed by atoms with Gasteiger partial charge in [-0.15, -0.1) is 0 Å². The second-order valence-corrected chi connectivity index (χ2v) is 5.29. The molecule has 0 radical (unpaired) electrons. The van der Waals surface area contributed by atoms with Crippen LogP contribution in [0, 0.1) is 26.9 Å². The normalized spacial score (nSPS) is 17.0. The first-order chi connectivity index (χ1) is 9.87. The maximum absolute atomic E-state index is 11.2. The molecule has 0 atom stereocenters. The van der Waals surface area contributed by atoms with Crippen molar-refractivity contribution >= 4 is 17.5 Å². The molecule has 2 rings (SSSR count). The van der Waals surface area contributed by atoms with Gasteiger partial charge in [-0.25, -0.2) is 4.98 Å². The Kier molecular flexibility index (Phi) is 3.76. The number of nitriles is 1. The van der Waals surface area contributed by atoms with Gasteiger partial charge < -0.3 is 10.0 Å². The lowest BCUT2D eigenvalue weighted by atomic mass is 9.80. The molecule has 21 heavy (non-hydrogen) atoms. The molecule has 1 fully saturated rings. The summed E-state index contributed by atoms with van der Waals surface area (Å²) >= 11 is 0. The van der Waals surface area contributed by atoms with Crippen molar-refractivity contribution in [2.75, 3.05) is 18.0 Å². The maximum Gasteiger partial charge on any atom is 0.309 e. The van der Waals surface area contributed by atoms with Crippen LogP contribution in [-0.2, 0) is 4.79 Å². The summed E-state index contributed by atoms with van der Waals surface area (Å²) in [5, 5.41) is 29.0. The summed E-state index contributed by atoms with van der Waals surface area (Å²) in [7, 11) is 0. The molecule has 1 saturated heterocycles. The van der Waals surface area contributed by atoms with E-state index < -0.39 is 16.3 Å². The highest BCUT2D eigenvalue weighted by Crippen LogP contribution is 2.34. The Morgan fingerprint density at radius 1 is 1.57 bits per heavy atom. The highest BCUT2D eigenvalue weighted by molar-refractivity contribution is 5.74. The Hall–Kier alpha value is -2.69. The maximum atomic E-state index is 11.2. The van der Waals surface area contributed by atoms with Crippen LogP contribution in [0.1, 0.15) is 25.3 Å². The van der Waals surface area contributed by atoms with Gasteiger partial charge in [-0.2, -0.15) is 5.26 Å². The topological polar surface area (TPSA) is 120 Å². The minimum Gasteiger partial charge on any atom is -0.481 e. The van der Waals surface area contributed by atoms with Gasteiger partial charge in [-0.05, 0) is 19.8 Å².